The van der Waals surface area contributed by atoms with Crippen molar-refractivity contribution in [3.8, 4) is 0 Å². The van der Waals surface area contributed by atoms with E-state index < -0.39 is 0 Å². The molecule has 1 atom stereocenters. The summed E-state index contributed by atoms with van der Waals surface area (Å²) in [6, 6.07) is 8.21. The predicted octanol–water partition coefficient (Wildman–Crippen LogP) is 1.97. The van der Waals surface area contributed by atoms with Gasteiger partial charge in [-0.05, 0) is 34.5 Å². The molecule has 2 amide bonds. The maximum atomic E-state index is 11.7. The zero-order valence-corrected chi connectivity index (χ0v) is 13.1. The number of rotatable bonds is 5. The van der Waals surface area contributed by atoms with Gasteiger partial charge in [0, 0.05) is 37.3 Å². The molecule has 1 aliphatic rings. The second kappa shape index (κ2) is 7.50. The summed E-state index contributed by atoms with van der Waals surface area (Å²) in [6.07, 6.45) is 0.957. The molecular formula is C14H20BrN3O2. The summed E-state index contributed by atoms with van der Waals surface area (Å²) >= 11 is 3.56. The fourth-order valence-corrected chi connectivity index (χ4v) is 2.84. The number of nitrogens with one attached hydrogen (secondary N) is 2. The molecule has 6 heteroatoms. The Kier molecular flexibility index (Phi) is 5.67. The van der Waals surface area contributed by atoms with Crippen molar-refractivity contribution in [1.29, 1.82) is 0 Å². The fraction of sp³-hybridized carbons (Fsp3) is 0.500. The van der Waals surface area contributed by atoms with Crippen LogP contribution in [0.2, 0.25) is 0 Å². The van der Waals surface area contributed by atoms with E-state index in [4.69, 9.17) is 4.74 Å². The second-order valence-corrected chi connectivity index (χ2v) is 5.63. The van der Waals surface area contributed by atoms with Crippen molar-refractivity contribution < 1.29 is 9.53 Å². The third kappa shape index (κ3) is 4.11. The maximum Gasteiger partial charge on any atom is 0.315 e. The smallest absolute Gasteiger partial charge is 0.315 e. The molecule has 110 valence electrons. The average Bonchev–Trinajstić information content (AvgIpc) is 2.88. The molecule has 1 aromatic rings. The van der Waals surface area contributed by atoms with Gasteiger partial charge in [-0.15, -0.1) is 0 Å². The van der Waals surface area contributed by atoms with Crippen LogP contribution in [0.5, 0.6) is 0 Å². The number of para-hydroxylation sites is 1. The molecule has 5 nitrogen and oxygen atoms in total. The number of carbonyl (C=O) groups is 1. The Morgan fingerprint density at radius 2 is 2.30 bits per heavy atom. The summed E-state index contributed by atoms with van der Waals surface area (Å²) < 4.78 is 5.98. The minimum Gasteiger partial charge on any atom is -0.383 e. The first-order valence-electron chi connectivity index (χ1n) is 6.73. The number of anilines is 1. The molecule has 0 unspecified atom stereocenters. The first-order chi connectivity index (χ1) is 9.70. The number of hydrogen-bond donors (Lipinski definition) is 2. The highest BCUT2D eigenvalue weighted by molar-refractivity contribution is 9.10. The number of nitrogens with zero attached hydrogens (tertiary/aromatic N) is 1. The molecule has 1 heterocycles. The molecule has 20 heavy (non-hydrogen) atoms. The van der Waals surface area contributed by atoms with E-state index >= 15 is 0 Å². The van der Waals surface area contributed by atoms with E-state index in [0.29, 0.717) is 13.2 Å². The van der Waals surface area contributed by atoms with E-state index in [0.717, 1.165) is 24.0 Å². The Balaban J connectivity index is 1.81. The van der Waals surface area contributed by atoms with E-state index in [1.165, 1.54) is 5.69 Å². The van der Waals surface area contributed by atoms with Gasteiger partial charge in [-0.25, -0.2) is 4.79 Å². The summed E-state index contributed by atoms with van der Waals surface area (Å²) in [7, 11) is 1.62. The van der Waals surface area contributed by atoms with Crippen LogP contribution in [0.15, 0.2) is 28.7 Å². The van der Waals surface area contributed by atoms with Gasteiger partial charge in [0.2, 0.25) is 0 Å². The van der Waals surface area contributed by atoms with E-state index in [2.05, 4.69) is 37.5 Å². The van der Waals surface area contributed by atoms with Gasteiger partial charge >= 0.3 is 6.03 Å². The number of urea groups is 1. The minimum absolute atomic E-state index is 0.124. The standard InChI is InChI=1S/C14H20BrN3O2/c1-20-9-7-16-14(19)17-11-6-8-18(10-11)13-5-3-2-4-12(13)15/h2-5,11H,6-10H2,1H3,(H2,16,17,19)/t11-/m1/s1. The van der Waals surface area contributed by atoms with Crippen LogP contribution in [0, 0.1) is 0 Å². The first-order valence-corrected chi connectivity index (χ1v) is 7.53. The number of hydrogen-bond acceptors (Lipinski definition) is 3. The maximum absolute atomic E-state index is 11.7. The lowest BCUT2D eigenvalue weighted by Gasteiger charge is -2.20. The van der Waals surface area contributed by atoms with E-state index in [-0.39, 0.29) is 12.1 Å². The van der Waals surface area contributed by atoms with Crippen molar-refractivity contribution in [2.45, 2.75) is 12.5 Å². The fourth-order valence-electron chi connectivity index (χ4n) is 2.31. The normalized spacial score (nSPS) is 18.1. The third-order valence-electron chi connectivity index (χ3n) is 3.31. The van der Waals surface area contributed by atoms with E-state index in [1.54, 1.807) is 7.11 Å². The van der Waals surface area contributed by atoms with Crippen molar-refractivity contribution in [3.63, 3.8) is 0 Å². The number of halogens is 1. The first kappa shape index (κ1) is 15.1. The number of carbonyl (C=O) groups excluding carboxylic acids is 1. The quantitative estimate of drug-likeness (QED) is 0.805. The Morgan fingerprint density at radius 1 is 1.50 bits per heavy atom. The average molecular weight is 342 g/mol. The Morgan fingerprint density at radius 3 is 3.05 bits per heavy atom. The van der Waals surface area contributed by atoms with Gasteiger partial charge in [-0.2, -0.15) is 0 Å². The number of benzene rings is 1. The van der Waals surface area contributed by atoms with Gasteiger partial charge in [0.15, 0.2) is 0 Å². The molecule has 0 saturated carbocycles. The molecule has 1 aliphatic heterocycles. The van der Waals surface area contributed by atoms with Gasteiger partial charge in [0.1, 0.15) is 0 Å². The molecule has 0 aromatic heterocycles. The van der Waals surface area contributed by atoms with E-state index in [9.17, 15) is 4.79 Å². The Hall–Kier alpha value is -1.27. The lowest BCUT2D eigenvalue weighted by Crippen LogP contribution is -2.44. The minimum atomic E-state index is -0.124. The van der Waals surface area contributed by atoms with Crippen molar-refractivity contribution in [2.24, 2.45) is 0 Å². The number of amides is 2. The zero-order chi connectivity index (χ0) is 14.4. The molecule has 1 saturated heterocycles. The number of methoxy groups -OCH3 is 1. The summed E-state index contributed by atoms with van der Waals surface area (Å²) in [6.45, 7) is 2.84. The highest BCUT2D eigenvalue weighted by Gasteiger charge is 2.24. The lowest BCUT2D eigenvalue weighted by atomic mass is 10.3. The van der Waals surface area contributed by atoms with Crippen molar-refractivity contribution in [2.75, 3.05) is 38.3 Å². The van der Waals surface area contributed by atoms with E-state index in [1.807, 2.05) is 18.2 Å². The molecule has 0 aliphatic carbocycles. The zero-order valence-electron chi connectivity index (χ0n) is 11.6. The van der Waals surface area contributed by atoms with Gasteiger partial charge in [-0.3, -0.25) is 0 Å². The monoisotopic (exact) mass is 341 g/mol. The second-order valence-electron chi connectivity index (χ2n) is 4.78. The molecule has 1 aromatic carbocycles. The van der Waals surface area contributed by atoms with Crippen LogP contribution in [0.25, 0.3) is 0 Å². The van der Waals surface area contributed by atoms with Gasteiger partial charge in [0.25, 0.3) is 0 Å². The molecule has 2 rings (SSSR count). The molecule has 1 fully saturated rings. The van der Waals surface area contributed by atoms with Crippen LogP contribution in [-0.4, -0.2) is 45.4 Å². The summed E-state index contributed by atoms with van der Waals surface area (Å²) in [5, 5.41) is 5.77. The summed E-state index contributed by atoms with van der Waals surface area (Å²) in [5.41, 5.74) is 1.18. The molecular weight excluding hydrogens is 322 g/mol. The van der Waals surface area contributed by atoms with Crippen molar-refractivity contribution in [1.82, 2.24) is 10.6 Å². The largest absolute Gasteiger partial charge is 0.383 e. The molecule has 2 N–H and O–H groups in total. The van der Waals surface area contributed by atoms with Crippen LogP contribution < -0.4 is 15.5 Å². The summed E-state index contributed by atoms with van der Waals surface area (Å²) in [5.74, 6) is 0. The van der Waals surface area contributed by atoms with Crippen LogP contribution in [0.3, 0.4) is 0 Å². The third-order valence-corrected chi connectivity index (χ3v) is 3.98. The Labute approximate surface area is 127 Å². The topological polar surface area (TPSA) is 53.6 Å². The lowest BCUT2D eigenvalue weighted by molar-refractivity contribution is 0.195. The number of ether oxygens (including phenoxy) is 1. The van der Waals surface area contributed by atoms with Gasteiger partial charge in [0.05, 0.1) is 12.3 Å². The van der Waals surface area contributed by atoms with Crippen molar-refractivity contribution >= 4 is 27.6 Å². The Bertz CT molecular complexity index is 456. The summed E-state index contributed by atoms with van der Waals surface area (Å²) in [4.78, 5) is 14.0. The highest BCUT2D eigenvalue weighted by Crippen LogP contribution is 2.28. The van der Waals surface area contributed by atoms with Crippen LogP contribution in [0.4, 0.5) is 10.5 Å². The van der Waals surface area contributed by atoms with Crippen molar-refractivity contribution in [3.05, 3.63) is 28.7 Å². The molecule has 0 radical (unpaired) electrons. The SMILES string of the molecule is COCCNC(=O)N[C@@H]1CCN(c2ccccc2Br)C1. The molecule has 0 spiro atoms. The van der Waals surface area contributed by atoms with Gasteiger partial charge in [-0.1, -0.05) is 12.1 Å². The van der Waals surface area contributed by atoms with Crippen LogP contribution in [0.1, 0.15) is 6.42 Å². The van der Waals surface area contributed by atoms with Crippen LogP contribution in [-0.2, 0) is 4.74 Å². The highest BCUT2D eigenvalue weighted by atomic mass is 79.9. The van der Waals surface area contributed by atoms with Gasteiger partial charge < -0.3 is 20.3 Å². The molecule has 0 bridgehead atoms. The predicted molar refractivity (Wildman–Crippen MR) is 83.2 cm³/mol. The van der Waals surface area contributed by atoms with Crippen LogP contribution >= 0.6 is 15.9 Å².